The van der Waals surface area contributed by atoms with Crippen molar-refractivity contribution in [2.24, 2.45) is 0 Å². The Balaban J connectivity index is 1.77. The van der Waals surface area contributed by atoms with Gasteiger partial charge in [0.1, 0.15) is 0 Å². The molecule has 0 spiro atoms. The van der Waals surface area contributed by atoms with Gasteiger partial charge in [0.15, 0.2) is 0 Å². The molecule has 0 aromatic heterocycles. The van der Waals surface area contributed by atoms with E-state index in [1.165, 1.54) is 25.8 Å². The topological polar surface area (TPSA) is 44.4 Å². The maximum Gasteiger partial charge on any atom is 0.234 e. The Kier molecular flexibility index (Phi) is 4.28. The van der Waals surface area contributed by atoms with Crippen molar-refractivity contribution >= 4 is 5.91 Å². The first-order valence-corrected chi connectivity index (χ1v) is 7.24. The molecule has 2 saturated heterocycles. The lowest BCUT2D eigenvalue weighted by Crippen LogP contribution is -2.50. The Morgan fingerprint density at radius 1 is 1.22 bits per heavy atom. The summed E-state index contributed by atoms with van der Waals surface area (Å²) < 4.78 is 0. The van der Waals surface area contributed by atoms with Gasteiger partial charge in [0.2, 0.25) is 5.91 Å². The molecule has 4 nitrogen and oxygen atoms in total. The van der Waals surface area contributed by atoms with Crippen molar-refractivity contribution in [3.63, 3.8) is 0 Å². The summed E-state index contributed by atoms with van der Waals surface area (Å²) in [6, 6.07) is 0.969. The fourth-order valence-corrected chi connectivity index (χ4v) is 3.02. The van der Waals surface area contributed by atoms with Gasteiger partial charge in [-0.25, -0.2) is 0 Å². The molecule has 0 aromatic carbocycles. The van der Waals surface area contributed by atoms with Crippen LogP contribution in [0.5, 0.6) is 0 Å². The Morgan fingerprint density at radius 3 is 2.72 bits per heavy atom. The molecule has 2 aliphatic rings. The monoisotopic (exact) mass is 253 g/mol. The van der Waals surface area contributed by atoms with Crippen LogP contribution >= 0.6 is 0 Å². The van der Waals surface area contributed by atoms with Crippen molar-refractivity contribution < 1.29 is 4.79 Å². The van der Waals surface area contributed by atoms with E-state index in [1.54, 1.807) is 0 Å². The molecule has 2 aliphatic heterocycles. The van der Waals surface area contributed by atoms with Gasteiger partial charge in [0, 0.05) is 24.2 Å². The molecular formula is C14H27N3O. The first kappa shape index (κ1) is 13.8. The van der Waals surface area contributed by atoms with Crippen molar-refractivity contribution in [1.82, 2.24) is 15.5 Å². The SMILES string of the molecule is CC(C)(C)NCC(=O)NC1CCN2CCCCC12. The van der Waals surface area contributed by atoms with Crippen LogP contribution in [-0.4, -0.2) is 48.1 Å². The summed E-state index contributed by atoms with van der Waals surface area (Å²) in [4.78, 5) is 14.5. The molecule has 1 amide bonds. The van der Waals surface area contributed by atoms with Crippen LogP contribution in [0.1, 0.15) is 46.5 Å². The zero-order chi connectivity index (χ0) is 13.2. The molecule has 18 heavy (non-hydrogen) atoms. The molecular weight excluding hydrogens is 226 g/mol. The number of fused-ring (bicyclic) bond motifs is 1. The van der Waals surface area contributed by atoms with Crippen LogP contribution in [-0.2, 0) is 4.79 Å². The molecule has 2 atom stereocenters. The highest BCUT2D eigenvalue weighted by molar-refractivity contribution is 5.78. The van der Waals surface area contributed by atoms with E-state index in [4.69, 9.17) is 0 Å². The number of rotatable bonds is 3. The van der Waals surface area contributed by atoms with E-state index in [9.17, 15) is 4.79 Å². The third kappa shape index (κ3) is 3.69. The average Bonchev–Trinajstić information content (AvgIpc) is 2.70. The number of amides is 1. The smallest absolute Gasteiger partial charge is 0.234 e. The summed E-state index contributed by atoms with van der Waals surface area (Å²) >= 11 is 0. The molecule has 2 fully saturated rings. The lowest BCUT2D eigenvalue weighted by Gasteiger charge is -2.32. The molecule has 0 radical (unpaired) electrons. The summed E-state index contributed by atoms with van der Waals surface area (Å²) in [7, 11) is 0. The Bertz CT molecular complexity index is 298. The molecule has 0 aromatic rings. The molecule has 0 bridgehead atoms. The molecule has 2 heterocycles. The molecule has 2 rings (SSSR count). The maximum absolute atomic E-state index is 11.9. The van der Waals surface area contributed by atoms with Gasteiger partial charge in [0.05, 0.1) is 6.54 Å². The molecule has 2 unspecified atom stereocenters. The fourth-order valence-electron chi connectivity index (χ4n) is 3.02. The lowest BCUT2D eigenvalue weighted by atomic mass is 9.99. The van der Waals surface area contributed by atoms with Gasteiger partial charge in [-0.05, 0) is 46.6 Å². The zero-order valence-corrected chi connectivity index (χ0v) is 12.0. The van der Waals surface area contributed by atoms with Gasteiger partial charge in [-0.2, -0.15) is 0 Å². The van der Waals surface area contributed by atoms with Crippen molar-refractivity contribution in [2.45, 2.75) is 64.1 Å². The van der Waals surface area contributed by atoms with E-state index in [0.717, 1.165) is 13.0 Å². The highest BCUT2D eigenvalue weighted by atomic mass is 16.2. The van der Waals surface area contributed by atoms with Crippen LogP contribution in [0.25, 0.3) is 0 Å². The minimum atomic E-state index is 0.00386. The number of hydrogen-bond donors (Lipinski definition) is 2. The minimum Gasteiger partial charge on any atom is -0.351 e. The van der Waals surface area contributed by atoms with Gasteiger partial charge in [-0.1, -0.05) is 6.42 Å². The quantitative estimate of drug-likeness (QED) is 0.792. The van der Waals surface area contributed by atoms with Crippen LogP contribution in [0.15, 0.2) is 0 Å². The number of nitrogens with zero attached hydrogens (tertiary/aromatic N) is 1. The summed E-state index contributed by atoms with van der Waals surface area (Å²) in [5.74, 6) is 0.141. The van der Waals surface area contributed by atoms with E-state index in [1.807, 2.05) is 0 Å². The Morgan fingerprint density at radius 2 is 2.00 bits per heavy atom. The van der Waals surface area contributed by atoms with E-state index < -0.39 is 0 Å². The summed E-state index contributed by atoms with van der Waals surface area (Å²) in [6.07, 6.45) is 5.00. The molecule has 4 heteroatoms. The van der Waals surface area contributed by atoms with Gasteiger partial charge in [-0.15, -0.1) is 0 Å². The predicted molar refractivity (Wildman–Crippen MR) is 73.5 cm³/mol. The normalized spacial score (nSPS) is 29.1. The Labute approximate surface area is 110 Å². The molecule has 2 N–H and O–H groups in total. The predicted octanol–water partition coefficient (Wildman–Crippen LogP) is 1.12. The van der Waals surface area contributed by atoms with Crippen LogP contribution in [0, 0.1) is 0 Å². The van der Waals surface area contributed by atoms with Gasteiger partial charge < -0.3 is 10.6 Å². The second-order valence-electron chi connectivity index (χ2n) is 6.67. The number of hydrogen-bond acceptors (Lipinski definition) is 3. The first-order chi connectivity index (χ1) is 8.46. The van der Waals surface area contributed by atoms with Crippen molar-refractivity contribution in [1.29, 1.82) is 0 Å². The van der Waals surface area contributed by atoms with Crippen molar-refractivity contribution in [3.8, 4) is 0 Å². The van der Waals surface area contributed by atoms with E-state index >= 15 is 0 Å². The number of carbonyl (C=O) groups is 1. The van der Waals surface area contributed by atoms with Crippen LogP contribution < -0.4 is 10.6 Å². The standard InChI is InChI=1S/C14H27N3O/c1-14(2,3)15-10-13(18)16-11-7-9-17-8-5-4-6-12(11)17/h11-12,15H,4-10H2,1-3H3,(H,16,18). The second-order valence-corrected chi connectivity index (χ2v) is 6.67. The fraction of sp³-hybridized carbons (Fsp3) is 0.929. The largest absolute Gasteiger partial charge is 0.351 e. The van der Waals surface area contributed by atoms with E-state index in [-0.39, 0.29) is 11.4 Å². The summed E-state index contributed by atoms with van der Waals surface area (Å²) in [5, 5.41) is 6.45. The van der Waals surface area contributed by atoms with Gasteiger partial charge >= 0.3 is 0 Å². The van der Waals surface area contributed by atoms with E-state index in [2.05, 4.69) is 36.3 Å². The average molecular weight is 253 g/mol. The van der Waals surface area contributed by atoms with Crippen LogP contribution in [0.3, 0.4) is 0 Å². The summed E-state index contributed by atoms with van der Waals surface area (Å²) in [6.45, 7) is 9.04. The molecule has 104 valence electrons. The zero-order valence-electron chi connectivity index (χ0n) is 12.0. The highest BCUT2D eigenvalue weighted by Crippen LogP contribution is 2.26. The summed E-state index contributed by atoms with van der Waals surface area (Å²) in [5.41, 5.74) is 0.00386. The Hall–Kier alpha value is -0.610. The lowest BCUT2D eigenvalue weighted by molar-refractivity contribution is -0.121. The molecule has 0 aliphatic carbocycles. The number of nitrogens with one attached hydrogen (secondary N) is 2. The minimum absolute atomic E-state index is 0.00386. The van der Waals surface area contributed by atoms with Crippen LogP contribution in [0.4, 0.5) is 0 Å². The molecule has 0 saturated carbocycles. The number of carbonyl (C=O) groups excluding carboxylic acids is 1. The first-order valence-electron chi connectivity index (χ1n) is 7.24. The van der Waals surface area contributed by atoms with Gasteiger partial charge in [-0.3, -0.25) is 9.69 Å². The third-order valence-electron chi connectivity index (χ3n) is 3.98. The third-order valence-corrected chi connectivity index (χ3v) is 3.98. The maximum atomic E-state index is 11.9. The van der Waals surface area contributed by atoms with E-state index in [0.29, 0.717) is 18.6 Å². The van der Waals surface area contributed by atoms with Gasteiger partial charge in [0.25, 0.3) is 0 Å². The highest BCUT2D eigenvalue weighted by Gasteiger charge is 2.36. The van der Waals surface area contributed by atoms with Crippen molar-refractivity contribution in [2.75, 3.05) is 19.6 Å². The van der Waals surface area contributed by atoms with Crippen molar-refractivity contribution in [3.05, 3.63) is 0 Å². The second kappa shape index (κ2) is 5.57. The van der Waals surface area contributed by atoms with Crippen LogP contribution in [0.2, 0.25) is 0 Å². The number of piperidine rings is 1.